The molecule has 0 fully saturated rings. The minimum atomic E-state index is -0.113. The van der Waals surface area contributed by atoms with Crippen LogP contribution in [0.25, 0.3) is 0 Å². The molecule has 0 spiro atoms. The smallest absolute Gasteiger partial charge is 0.225 e. The summed E-state index contributed by atoms with van der Waals surface area (Å²) >= 11 is 5.62. The van der Waals surface area contributed by atoms with Crippen LogP contribution in [-0.4, -0.2) is 23.2 Å². The third kappa shape index (κ3) is 4.20. The Balaban J connectivity index is 1.83. The summed E-state index contributed by atoms with van der Waals surface area (Å²) in [5.41, 5.74) is 1.07. The number of halogens is 1. The molecule has 1 N–H and O–H groups in total. The molecule has 6 heteroatoms. The number of anilines is 1. The first kappa shape index (κ1) is 14.3. The van der Waals surface area contributed by atoms with E-state index in [0.717, 1.165) is 11.3 Å². The van der Waals surface area contributed by atoms with Crippen LogP contribution < -0.4 is 10.1 Å². The number of nitrogens with one attached hydrogen (secondary N) is 1. The van der Waals surface area contributed by atoms with Gasteiger partial charge in [0.05, 0.1) is 7.11 Å². The van der Waals surface area contributed by atoms with E-state index in [9.17, 15) is 4.79 Å². The summed E-state index contributed by atoms with van der Waals surface area (Å²) in [6, 6.07) is 10.8. The van der Waals surface area contributed by atoms with Gasteiger partial charge in [-0.05, 0) is 36.2 Å². The van der Waals surface area contributed by atoms with Crippen molar-refractivity contribution in [2.75, 3.05) is 12.4 Å². The number of aromatic nitrogens is 2. The molecule has 0 aliphatic rings. The summed E-state index contributed by atoms with van der Waals surface area (Å²) in [4.78, 5) is 11.8. The van der Waals surface area contributed by atoms with Crippen molar-refractivity contribution in [2.24, 2.45) is 0 Å². The largest absolute Gasteiger partial charge is 0.497 e. The second-order valence-electron chi connectivity index (χ2n) is 4.14. The van der Waals surface area contributed by atoms with Gasteiger partial charge in [0.1, 0.15) is 5.75 Å². The standard InChI is InChI=1S/C14H14ClN3O2/c1-20-11-5-2-10(3-6-11)4-9-14(19)16-13-8-7-12(15)17-18-13/h2-3,5-8H,4,9H2,1H3,(H,16,18,19). The van der Waals surface area contributed by atoms with Crippen LogP contribution in [0.3, 0.4) is 0 Å². The lowest BCUT2D eigenvalue weighted by Gasteiger charge is -2.05. The predicted octanol–water partition coefficient (Wildman–Crippen LogP) is 2.71. The minimum absolute atomic E-state index is 0.113. The Bertz CT molecular complexity index is 570. The van der Waals surface area contributed by atoms with Gasteiger partial charge in [-0.25, -0.2) is 0 Å². The number of benzene rings is 1. The van der Waals surface area contributed by atoms with Gasteiger partial charge in [-0.2, -0.15) is 0 Å². The molecule has 1 amide bonds. The van der Waals surface area contributed by atoms with E-state index in [4.69, 9.17) is 16.3 Å². The summed E-state index contributed by atoms with van der Waals surface area (Å²) in [5.74, 6) is 1.08. The number of amides is 1. The molecule has 0 aliphatic carbocycles. The topological polar surface area (TPSA) is 64.1 Å². The lowest BCUT2D eigenvalue weighted by molar-refractivity contribution is -0.116. The quantitative estimate of drug-likeness (QED) is 0.920. The molecule has 1 aromatic carbocycles. The molecule has 1 heterocycles. The van der Waals surface area contributed by atoms with Gasteiger partial charge < -0.3 is 10.1 Å². The molecule has 104 valence electrons. The fraction of sp³-hybridized carbons (Fsp3) is 0.214. The van der Waals surface area contributed by atoms with E-state index < -0.39 is 0 Å². The number of methoxy groups -OCH3 is 1. The van der Waals surface area contributed by atoms with Crippen LogP contribution >= 0.6 is 11.6 Å². The number of rotatable bonds is 5. The Morgan fingerprint density at radius 3 is 2.55 bits per heavy atom. The molecule has 20 heavy (non-hydrogen) atoms. The van der Waals surface area contributed by atoms with E-state index in [1.54, 1.807) is 19.2 Å². The first-order valence-electron chi connectivity index (χ1n) is 6.09. The molecule has 0 unspecified atom stereocenters. The third-order valence-corrected chi connectivity index (χ3v) is 2.90. The van der Waals surface area contributed by atoms with Crippen molar-refractivity contribution >= 4 is 23.3 Å². The number of aryl methyl sites for hydroxylation is 1. The number of carbonyl (C=O) groups excluding carboxylic acids is 1. The number of hydrogen-bond acceptors (Lipinski definition) is 4. The van der Waals surface area contributed by atoms with E-state index in [-0.39, 0.29) is 5.91 Å². The molecule has 0 saturated heterocycles. The van der Waals surface area contributed by atoms with Crippen LogP contribution in [0.15, 0.2) is 36.4 Å². The monoisotopic (exact) mass is 291 g/mol. The van der Waals surface area contributed by atoms with Crippen molar-refractivity contribution < 1.29 is 9.53 Å². The Kier molecular flexibility index (Phi) is 4.90. The highest BCUT2D eigenvalue weighted by Crippen LogP contribution is 2.13. The fourth-order valence-corrected chi connectivity index (χ4v) is 1.74. The van der Waals surface area contributed by atoms with Crippen molar-refractivity contribution in [2.45, 2.75) is 12.8 Å². The molecule has 0 radical (unpaired) electrons. The minimum Gasteiger partial charge on any atom is -0.497 e. The van der Waals surface area contributed by atoms with Gasteiger partial charge in [0.15, 0.2) is 11.0 Å². The average Bonchev–Trinajstić information content (AvgIpc) is 2.48. The number of nitrogens with zero attached hydrogens (tertiary/aromatic N) is 2. The molecule has 2 aromatic rings. The van der Waals surface area contributed by atoms with Crippen LogP contribution in [0, 0.1) is 0 Å². The Morgan fingerprint density at radius 2 is 1.95 bits per heavy atom. The first-order valence-corrected chi connectivity index (χ1v) is 6.47. The normalized spacial score (nSPS) is 10.1. The summed E-state index contributed by atoms with van der Waals surface area (Å²) in [6.07, 6.45) is 1.02. The maximum atomic E-state index is 11.8. The zero-order valence-corrected chi connectivity index (χ0v) is 11.7. The SMILES string of the molecule is COc1ccc(CCC(=O)Nc2ccc(Cl)nn2)cc1. The van der Waals surface area contributed by atoms with E-state index in [0.29, 0.717) is 23.8 Å². The van der Waals surface area contributed by atoms with Crippen molar-refractivity contribution in [3.05, 3.63) is 47.1 Å². The van der Waals surface area contributed by atoms with E-state index >= 15 is 0 Å². The molecule has 2 rings (SSSR count). The lowest BCUT2D eigenvalue weighted by Crippen LogP contribution is -2.13. The molecule has 1 aromatic heterocycles. The number of ether oxygens (including phenoxy) is 1. The summed E-state index contributed by atoms with van der Waals surface area (Å²) < 4.78 is 5.08. The van der Waals surface area contributed by atoms with Crippen LogP contribution in [0.4, 0.5) is 5.82 Å². The van der Waals surface area contributed by atoms with Gasteiger partial charge >= 0.3 is 0 Å². The number of carbonyl (C=O) groups is 1. The van der Waals surface area contributed by atoms with Crippen LogP contribution in [0.2, 0.25) is 5.15 Å². The Morgan fingerprint density at radius 1 is 1.20 bits per heavy atom. The highest BCUT2D eigenvalue weighted by atomic mass is 35.5. The molecular formula is C14H14ClN3O2. The lowest BCUT2D eigenvalue weighted by atomic mass is 10.1. The molecule has 5 nitrogen and oxygen atoms in total. The van der Waals surface area contributed by atoms with E-state index in [1.165, 1.54) is 0 Å². The van der Waals surface area contributed by atoms with Crippen molar-refractivity contribution in [3.8, 4) is 5.75 Å². The first-order chi connectivity index (χ1) is 9.67. The zero-order chi connectivity index (χ0) is 14.4. The maximum absolute atomic E-state index is 11.8. The summed E-state index contributed by atoms with van der Waals surface area (Å²) in [7, 11) is 1.62. The van der Waals surface area contributed by atoms with Crippen LogP contribution in [-0.2, 0) is 11.2 Å². The highest BCUT2D eigenvalue weighted by Gasteiger charge is 2.05. The van der Waals surface area contributed by atoms with Gasteiger partial charge in [0, 0.05) is 6.42 Å². The predicted molar refractivity (Wildman–Crippen MR) is 77.0 cm³/mol. The maximum Gasteiger partial charge on any atom is 0.225 e. The molecular weight excluding hydrogens is 278 g/mol. The van der Waals surface area contributed by atoms with Gasteiger partial charge in [0.2, 0.25) is 5.91 Å². The molecule has 0 aliphatic heterocycles. The van der Waals surface area contributed by atoms with Crippen LogP contribution in [0.5, 0.6) is 5.75 Å². The van der Waals surface area contributed by atoms with Crippen molar-refractivity contribution in [3.63, 3.8) is 0 Å². The van der Waals surface area contributed by atoms with Crippen molar-refractivity contribution in [1.82, 2.24) is 10.2 Å². The molecule has 0 bridgehead atoms. The van der Waals surface area contributed by atoms with Gasteiger partial charge in [-0.3, -0.25) is 4.79 Å². The fourth-order valence-electron chi connectivity index (χ4n) is 1.64. The second kappa shape index (κ2) is 6.86. The van der Waals surface area contributed by atoms with Gasteiger partial charge in [-0.1, -0.05) is 23.7 Å². The van der Waals surface area contributed by atoms with E-state index in [1.807, 2.05) is 24.3 Å². The van der Waals surface area contributed by atoms with Crippen LogP contribution in [0.1, 0.15) is 12.0 Å². The zero-order valence-electron chi connectivity index (χ0n) is 11.0. The van der Waals surface area contributed by atoms with Gasteiger partial charge in [0.25, 0.3) is 0 Å². The summed E-state index contributed by atoms with van der Waals surface area (Å²) in [5, 5.41) is 10.4. The third-order valence-electron chi connectivity index (χ3n) is 2.70. The Hall–Kier alpha value is -2.14. The average molecular weight is 292 g/mol. The van der Waals surface area contributed by atoms with E-state index in [2.05, 4.69) is 15.5 Å². The highest BCUT2D eigenvalue weighted by molar-refractivity contribution is 6.29. The van der Waals surface area contributed by atoms with Crippen molar-refractivity contribution in [1.29, 1.82) is 0 Å². The van der Waals surface area contributed by atoms with Gasteiger partial charge in [-0.15, -0.1) is 10.2 Å². The Labute approximate surface area is 121 Å². The number of hydrogen-bond donors (Lipinski definition) is 1. The molecule has 0 saturated carbocycles. The molecule has 0 atom stereocenters. The second-order valence-corrected chi connectivity index (χ2v) is 4.52. The summed E-state index contributed by atoms with van der Waals surface area (Å²) in [6.45, 7) is 0.